The predicted molar refractivity (Wildman–Crippen MR) is 91.8 cm³/mol. The van der Waals surface area contributed by atoms with Crippen LogP contribution in [0.3, 0.4) is 0 Å². The average molecular weight is 343 g/mol. The van der Waals surface area contributed by atoms with Crippen molar-refractivity contribution in [1.29, 1.82) is 0 Å². The smallest absolute Gasteiger partial charge is 0.270 e. The molecule has 2 aromatic carbocycles. The molecule has 1 amide bonds. The third-order valence-electron chi connectivity index (χ3n) is 3.21. The highest BCUT2D eigenvalue weighted by atomic mass is 32.1. The minimum Gasteiger partial charge on any atom is -0.494 e. The number of carbonyl (C=O) groups is 1. The molecule has 0 bridgehead atoms. The summed E-state index contributed by atoms with van der Waals surface area (Å²) in [5.41, 5.74) is 0.824. The van der Waals surface area contributed by atoms with E-state index in [4.69, 9.17) is 4.74 Å². The Morgan fingerprint density at radius 2 is 2.17 bits per heavy atom. The largest absolute Gasteiger partial charge is 0.494 e. The average Bonchev–Trinajstić information content (AvgIpc) is 2.96. The number of anilines is 1. The van der Waals surface area contributed by atoms with Gasteiger partial charge in [0.15, 0.2) is 5.13 Å². The molecule has 0 radical (unpaired) electrons. The molecule has 3 rings (SSSR count). The molecule has 122 valence electrons. The van der Waals surface area contributed by atoms with Crippen molar-refractivity contribution in [2.24, 2.45) is 0 Å². The first-order valence-corrected chi connectivity index (χ1v) is 7.97. The molecule has 0 aliphatic rings. The number of fused-ring (bicyclic) bond motifs is 1. The van der Waals surface area contributed by atoms with E-state index < -0.39 is 10.8 Å². The van der Waals surface area contributed by atoms with Gasteiger partial charge in [-0.15, -0.1) is 0 Å². The summed E-state index contributed by atoms with van der Waals surface area (Å²) >= 11 is 1.31. The second-order valence-electron chi connectivity index (χ2n) is 4.84. The monoisotopic (exact) mass is 343 g/mol. The second-order valence-corrected chi connectivity index (χ2v) is 5.87. The molecule has 0 saturated heterocycles. The Morgan fingerprint density at radius 3 is 2.92 bits per heavy atom. The number of nitro groups is 1. The summed E-state index contributed by atoms with van der Waals surface area (Å²) < 4.78 is 6.32. The third kappa shape index (κ3) is 3.33. The van der Waals surface area contributed by atoms with Crippen LogP contribution in [0, 0.1) is 10.1 Å². The summed E-state index contributed by atoms with van der Waals surface area (Å²) in [6.45, 7) is 2.47. The van der Waals surface area contributed by atoms with Crippen LogP contribution in [0.4, 0.5) is 10.8 Å². The van der Waals surface area contributed by atoms with Gasteiger partial charge in [0, 0.05) is 17.7 Å². The van der Waals surface area contributed by atoms with Gasteiger partial charge in [0.05, 0.1) is 21.7 Å². The number of aromatic nitrogens is 1. The van der Waals surface area contributed by atoms with Crippen LogP contribution in [0.15, 0.2) is 42.5 Å². The van der Waals surface area contributed by atoms with E-state index in [0.717, 1.165) is 16.0 Å². The Morgan fingerprint density at radius 1 is 1.33 bits per heavy atom. The molecule has 0 atom stereocenters. The lowest BCUT2D eigenvalue weighted by atomic mass is 10.2. The van der Waals surface area contributed by atoms with Gasteiger partial charge in [0.25, 0.3) is 11.6 Å². The summed E-state index contributed by atoms with van der Waals surface area (Å²) in [6, 6.07) is 11.1. The summed E-state index contributed by atoms with van der Waals surface area (Å²) in [6.07, 6.45) is 0. The fraction of sp³-hybridized carbons (Fsp3) is 0.125. The summed E-state index contributed by atoms with van der Waals surface area (Å²) in [5, 5.41) is 13.9. The Balaban J connectivity index is 1.82. The maximum absolute atomic E-state index is 12.2. The number of hydrogen-bond donors (Lipinski definition) is 1. The van der Waals surface area contributed by atoms with Crippen molar-refractivity contribution in [1.82, 2.24) is 4.98 Å². The number of benzene rings is 2. The number of carbonyl (C=O) groups excluding carboxylic acids is 1. The Kier molecular flexibility index (Phi) is 4.39. The van der Waals surface area contributed by atoms with Crippen molar-refractivity contribution in [2.45, 2.75) is 6.92 Å². The molecule has 0 aliphatic carbocycles. The number of hydrogen-bond acceptors (Lipinski definition) is 6. The molecule has 0 aliphatic heterocycles. The highest BCUT2D eigenvalue weighted by Crippen LogP contribution is 2.29. The zero-order chi connectivity index (χ0) is 17.1. The fourth-order valence-corrected chi connectivity index (χ4v) is 3.03. The number of nitrogens with one attached hydrogen (secondary N) is 1. The number of non-ortho nitro benzene ring substituents is 1. The van der Waals surface area contributed by atoms with Crippen LogP contribution < -0.4 is 10.1 Å². The Hall–Kier alpha value is -3.00. The number of nitro benzene ring substituents is 1. The molecule has 1 heterocycles. The number of rotatable bonds is 5. The highest BCUT2D eigenvalue weighted by Gasteiger charge is 2.13. The molecule has 0 unspecified atom stereocenters. The second kappa shape index (κ2) is 6.63. The summed E-state index contributed by atoms with van der Waals surface area (Å²) in [4.78, 5) is 26.8. The molecule has 0 fully saturated rings. The number of amides is 1. The van der Waals surface area contributed by atoms with E-state index in [-0.39, 0.29) is 11.3 Å². The minimum absolute atomic E-state index is 0.131. The van der Waals surface area contributed by atoms with Crippen LogP contribution in [0.25, 0.3) is 10.2 Å². The van der Waals surface area contributed by atoms with Gasteiger partial charge in [-0.1, -0.05) is 17.4 Å². The van der Waals surface area contributed by atoms with Crippen molar-refractivity contribution >= 4 is 38.3 Å². The standard InChI is InChI=1S/C16H13N3O4S/c1-2-23-12-6-7-13-14(9-12)24-16(17-13)18-15(20)10-4-3-5-11(8-10)19(21)22/h3-9H,2H2,1H3,(H,17,18,20). The van der Waals surface area contributed by atoms with E-state index in [1.807, 2.05) is 25.1 Å². The Bertz CT molecular complexity index is 923. The first kappa shape index (κ1) is 15.9. The quantitative estimate of drug-likeness (QED) is 0.561. The third-order valence-corrected chi connectivity index (χ3v) is 4.14. The summed E-state index contributed by atoms with van der Waals surface area (Å²) in [7, 11) is 0. The van der Waals surface area contributed by atoms with Gasteiger partial charge in [-0.25, -0.2) is 4.98 Å². The minimum atomic E-state index is -0.538. The van der Waals surface area contributed by atoms with E-state index in [1.54, 1.807) is 0 Å². The zero-order valence-corrected chi connectivity index (χ0v) is 13.5. The lowest BCUT2D eigenvalue weighted by Gasteiger charge is -2.01. The molecule has 1 aromatic heterocycles. The van der Waals surface area contributed by atoms with Gasteiger partial charge in [-0.2, -0.15) is 0 Å². The number of ether oxygens (including phenoxy) is 1. The number of nitrogens with zero attached hydrogens (tertiary/aromatic N) is 2. The van der Waals surface area contributed by atoms with Crippen molar-refractivity contribution in [3.05, 3.63) is 58.1 Å². The van der Waals surface area contributed by atoms with Crippen LogP contribution in [0.1, 0.15) is 17.3 Å². The van der Waals surface area contributed by atoms with E-state index in [1.165, 1.54) is 35.6 Å². The van der Waals surface area contributed by atoms with Gasteiger partial charge in [-0.05, 0) is 31.2 Å². The van der Waals surface area contributed by atoms with Crippen LogP contribution >= 0.6 is 11.3 Å². The van der Waals surface area contributed by atoms with E-state index >= 15 is 0 Å². The van der Waals surface area contributed by atoms with Crippen LogP contribution in [0.2, 0.25) is 0 Å². The molecule has 0 saturated carbocycles. The Labute approximate surface area is 141 Å². The van der Waals surface area contributed by atoms with Gasteiger partial charge < -0.3 is 4.74 Å². The van der Waals surface area contributed by atoms with E-state index in [2.05, 4.69) is 10.3 Å². The fourth-order valence-electron chi connectivity index (χ4n) is 2.14. The van der Waals surface area contributed by atoms with Gasteiger partial charge in [0.2, 0.25) is 0 Å². The first-order chi connectivity index (χ1) is 11.6. The molecule has 24 heavy (non-hydrogen) atoms. The van der Waals surface area contributed by atoms with E-state index in [0.29, 0.717) is 11.7 Å². The normalized spacial score (nSPS) is 10.5. The molecular weight excluding hydrogens is 330 g/mol. The van der Waals surface area contributed by atoms with Gasteiger partial charge in [-0.3, -0.25) is 20.2 Å². The molecule has 0 spiro atoms. The van der Waals surface area contributed by atoms with Gasteiger partial charge in [0.1, 0.15) is 5.75 Å². The van der Waals surface area contributed by atoms with Crippen molar-refractivity contribution in [3.63, 3.8) is 0 Å². The highest BCUT2D eigenvalue weighted by molar-refractivity contribution is 7.22. The molecular formula is C16H13N3O4S. The van der Waals surface area contributed by atoms with Crippen molar-refractivity contribution in [3.8, 4) is 5.75 Å². The van der Waals surface area contributed by atoms with Crippen molar-refractivity contribution < 1.29 is 14.5 Å². The maximum atomic E-state index is 12.2. The lowest BCUT2D eigenvalue weighted by Crippen LogP contribution is -2.11. The zero-order valence-electron chi connectivity index (χ0n) is 12.7. The van der Waals surface area contributed by atoms with Crippen LogP contribution in [-0.2, 0) is 0 Å². The topological polar surface area (TPSA) is 94.4 Å². The lowest BCUT2D eigenvalue weighted by molar-refractivity contribution is -0.384. The van der Waals surface area contributed by atoms with Crippen LogP contribution in [0.5, 0.6) is 5.75 Å². The summed E-state index contributed by atoms with van der Waals surface area (Å²) in [5.74, 6) is 0.299. The van der Waals surface area contributed by atoms with E-state index in [9.17, 15) is 14.9 Å². The predicted octanol–water partition coefficient (Wildman–Crippen LogP) is 3.86. The molecule has 1 N–H and O–H groups in total. The molecule has 3 aromatic rings. The maximum Gasteiger partial charge on any atom is 0.270 e. The SMILES string of the molecule is CCOc1ccc2nc(NC(=O)c3cccc([N+](=O)[O-])c3)sc2c1. The number of thiazole rings is 1. The molecule has 7 nitrogen and oxygen atoms in total. The van der Waals surface area contributed by atoms with Crippen molar-refractivity contribution in [2.75, 3.05) is 11.9 Å². The molecule has 8 heteroatoms. The first-order valence-electron chi connectivity index (χ1n) is 7.16. The van der Waals surface area contributed by atoms with Gasteiger partial charge >= 0.3 is 0 Å². The van der Waals surface area contributed by atoms with Crippen LogP contribution in [-0.4, -0.2) is 22.4 Å².